The minimum absolute atomic E-state index is 0.0734. The number of halogens is 1. The van der Waals surface area contributed by atoms with E-state index in [-0.39, 0.29) is 5.82 Å². The highest BCUT2D eigenvalue weighted by molar-refractivity contribution is 5.25. The Bertz CT molecular complexity index is 433. The molecule has 0 amide bonds. The van der Waals surface area contributed by atoms with Gasteiger partial charge in [0.1, 0.15) is 5.82 Å². The molecule has 0 bridgehead atoms. The van der Waals surface area contributed by atoms with Gasteiger partial charge in [-0.2, -0.15) is 0 Å². The molecule has 1 saturated heterocycles. The fourth-order valence-electron chi connectivity index (χ4n) is 2.95. The van der Waals surface area contributed by atoms with Crippen molar-refractivity contribution in [3.8, 4) is 0 Å². The van der Waals surface area contributed by atoms with Crippen LogP contribution in [0, 0.1) is 11.7 Å². The zero-order valence-corrected chi connectivity index (χ0v) is 13.0. The van der Waals surface area contributed by atoms with Gasteiger partial charge in [0.15, 0.2) is 0 Å². The molecule has 3 heteroatoms. The Morgan fingerprint density at radius 2 is 2.10 bits per heavy atom. The van der Waals surface area contributed by atoms with Crippen molar-refractivity contribution in [2.45, 2.75) is 52.7 Å². The summed E-state index contributed by atoms with van der Waals surface area (Å²) in [5, 5.41) is 3.29. The quantitative estimate of drug-likeness (QED) is 0.886. The largest absolute Gasteiger partial charge is 0.313 e. The first-order chi connectivity index (χ1) is 9.60. The molecule has 2 rings (SSSR count). The molecule has 1 heterocycles. The third-order valence-electron chi connectivity index (χ3n) is 4.31. The maximum Gasteiger partial charge on any atom is 0.127 e. The minimum Gasteiger partial charge on any atom is -0.313 e. The second-order valence-electron chi connectivity index (χ2n) is 6.17. The van der Waals surface area contributed by atoms with E-state index >= 15 is 0 Å². The van der Waals surface area contributed by atoms with E-state index in [0.717, 1.165) is 37.7 Å². The highest BCUT2D eigenvalue weighted by atomic mass is 19.1. The number of nitrogens with one attached hydrogen (secondary N) is 1. The van der Waals surface area contributed by atoms with Gasteiger partial charge in [-0.1, -0.05) is 26.0 Å². The Morgan fingerprint density at radius 1 is 1.30 bits per heavy atom. The number of hydrogen-bond acceptors (Lipinski definition) is 2. The smallest absolute Gasteiger partial charge is 0.127 e. The van der Waals surface area contributed by atoms with E-state index in [1.54, 1.807) is 6.07 Å². The second-order valence-corrected chi connectivity index (χ2v) is 6.17. The summed E-state index contributed by atoms with van der Waals surface area (Å²) in [6.07, 6.45) is 2.51. The molecule has 1 N–H and O–H groups in total. The number of piperidine rings is 1. The molecule has 2 atom stereocenters. The summed E-state index contributed by atoms with van der Waals surface area (Å²) >= 11 is 0. The van der Waals surface area contributed by atoms with Crippen LogP contribution in [-0.2, 0) is 13.1 Å². The van der Waals surface area contributed by atoms with Crippen molar-refractivity contribution in [3.63, 3.8) is 0 Å². The van der Waals surface area contributed by atoms with Crippen LogP contribution >= 0.6 is 0 Å². The Hall–Kier alpha value is -0.930. The van der Waals surface area contributed by atoms with Crippen LogP contribution in [0.4, 0.5) is 4.39 Å². The lowest BCUT2D eigenvalue weighted by atomic mass is 9.94. The van der Waals surface area contributed by atoms with E-state index in [9.17, 15) is 4.39 Å². The average molecular weight is 278 g/mol. The molecule has 20 heavy (non-hydrogen) atoms. The van der Waals surface area contributed by atoms with Crippen LogP contribution in [-0.4, -0.2) is 24.0 Å². The van der Waals surface area contributed by atoms with Gasteiger partial charge in [0.2, 0.25) is 0 Å². The molecule has 2 nitrogen and oxygen atoms in total. The summed E-state index contributed by atoms with van der Waals surface area (Å²) in [6, 6.07) is 6.07. The van der Waals surface area contributed by atoms with Gasteiger partial charge in [-0.05, 0) is 43.9 Å². The highest BCUT2D eigenvalue weighted by Crippen LogP contribution is 2.24. The third-order valence-corrected chi connectivity index (χ3v) is 4.31. The second kappa shape index (κ2) is 7.19. The van der Waals surface area contributed by atoms with Crippen LogP contribution in [0.5, 0.6) is 0 Å². The van der Waals surface area contributed by atoms with Crippen molar-refractivity contribution in [1.29, 1.82) is 0 Å². The molecule has 1 fully saturated rings. The first-order valence-corrected chi connectivity index (χ1v) is 7.82. The molecule has 2 unspecified atom stereocenters. The van der Waals surface area contributed by atoms with Gasteiger partial charge in [-0.15, -0.1) is 0 Å². The summed E-state index contributed by atoms with van der Waals surface area (Å²) in [7, 11) is 0. The molecule has 1 aliphatic heterocycles. The van der Waals surface area contributed by atoms with Crippen molar-refractivity contribution in [2.24, 2.45) is 5.92 Å². The first-order valence-electron chi connectivity index (χ1n) is 7.82. The molecule has 1 aromatic rings. The van der Waals surface area contributed by atoms with Crippen molar-refractivity contribution < 1.29 is 4.39 Å². The van der Waals surface area contributed by atoms with Crippen LogP contribution < -0.4 is 5.32 Å². The van der Waals surface area contributed by atoms with E-state index in [1.807, 2.05) is 12.1 Å². The number of rotatable bonds is 5. The van der Waals surface area contributed by atoms with Crippen molar-refractivity contribution in [3.05, 3.63) is 35.1 Å². The summed E-state index contributed by atoms with van der Waals surface area (Å²) in [5.74, 6) is 0.648. The van der Waals surface area contributed by atoms with Crippen LogP contribution in [0.3, 0.4) is 0 Å². The summed E-state index contributed by atoms with van der Waals surface area (Å²) in [5.41, 5.74) is 2.00. The molecule has 1 aromatic carbocycles. The Kier molecular flexibility index (Phi) is 5.55. The van der Waals surface area contributed by atoms with Crippen LogP contribution in [0.15, 0.2) is 18.2 Å². The van der Waals surface area contributed by atoms with E-state index in [4.69, 9.17) is 0 Å². The summed E-state index contributed by atoms with van der Waals surface area (Å²) in [4.78, 5) is 2.42. The van der Waals surface area contributed by atoms with Crippen molar-refractivity contribution in [2.75, 3.05) is 13.1 Å². The SMILES string of the molecule is CCNCc1ccc(F)c(CN2CC(C)CCC2C)c1. The van der Waals surface area contributed by atoms with Gasteiger partial charge in [0, 0.05) is 31.2 Å². The molecular weight excluding hydrogens is 251 g/mol. The lowest BCUT2D eigenvalue weighted by molar-refractivity contribution is 0.116. The van der Waals surface area contributed by atoms with E-state index in [0.29, 0.717) is 6.04 Å². The number of hydrogen-bond donors (Lipinski definition) is 1. The van der Waals surface area contributed by atoms with Gasteiger partial charge < -0.3 is 5.32 Å². The Morgan fingerprint density at radius 3 is 2.85 bits per heavy atom. The normalized spacial score (nSPS) is 24.0. The fraction of sp³-hybridized carbons (Fsp3) is 0.647. The fourth-order valence-corrected chi connectivity index (χ4v) is 2.95. The predicted octanol–water partition coefficient (Wildman–Crippen LogP) is 3.56. The number of likely N-dealkylation sites (tertiary alicyclic amines) is 1. The maximum absolute atomic E-state index is 14.0. The molecule has 112 valence electrons. The number of benzene rings is 1. The van der Waals surface area contributed by atoms with Gasteiger partial charge in [0.25, 0.3) is 0 Å². The van der Waals surface area contributed by atoms with E-state index in [1.165, 1.54) is 18.4 Å². The molecule has 0 saturated carbocycles. The van der Waals surface area contributed by atoms with Gasteiger partial charge in [-0.25, -0.2) is 4.39 Å². The maximum atomic E-state index is 14.0. The zero-order valence-electron chi connectivity index (χ0n) is 13.0. The van der Waals surface area contributed by atoms with Gasteiger partial charge >= 0.3 is 0 Å². The van der Waals surface area contributed by atoms with Gasteiger partial charge in [0.05, 0.1) is 0 Å². The standard InChI is InChI=1S/C17H27FN2/c1-4-19-10-15-7-8-17(18)16(9-15)12-20-11-13(2)5-6-14(20)3/h7-9,13-14,19H,4-6,10-12H2,1-3H3. The predicted molar refractivity (Wildman–Crippen MR) is 82.1 cm³/mol. The number of nitrogens with zero attached hydrogens (tertiary/aromatic N) is 1. The molecular formula is C17H27FN2. The molecule has 0 radical (unpaired) electrons. The zero-order chi connectivity index (χ0) is 14.5. The average Bonchev–Trinajstić information content (AvgIpc) is 2.43. The first kappa shape index (κ1) is 15.5. The van der Waals surface area contributed by atoms with Crippen molar-refractivity contribution in [1.82, 2.24) is 10.2 Å². The van der Waals surface area contributed by atoms with Crippen LogP contribution in [0.25, 0.3) is 0 Å². The lowest BCUT2D eigenvalue weighted by Gasteiger charge is -2.36. The Balaban J connectivity index is 2.07. The van der Waals surface area contributed by atoms with Gasteiger partial charge in [-0.3, -0.25) is 4.90 Å². The summed E-state index contributed by atoms with van der Waals surface area (Å²) in [6.45, 7) is 10.2. The molecule has 0 aromatic heterocycles. The summed E-state index contributed by atoms with van der Waals surface area (Å²) < 4.78 is 14.0. The van der Waals surface area contributed by atoms with Crippen molar-refractivity contribution >= 4 is 0 Å². The molecule has 0 aliphatic carbocycles. The molecule has 1 aliphatic rings. The van der Waals surface area contributed by atoms with Crippen LogP contribution in [0.1, 0.15) is 44.7 Å². The van der Waals surface area contributed by atoms with E-state index in [2.05, 4.69) is 31.0 Å². The lowest BCUT2D eigenvalue weighted by Crippen LogP contribution is -2.40. The molecule has 0 spiro atoms. The van der Waals surface area contributed by atoms with Crippen LogP contribution in [0.2, 0.25) is 0 Å². The minimum atomic E-state index is -0.0734. The van der Waals surface area contributed by atoms with E-state index < -0.39 is 0 Å². The Labute approximate surface area is 122 Å². The topological polar surface area (TPSA) is 15.3 Å². The highest BCUT2D eigenvalue weighted by Gasteiger charge is 2.23. The third kappa shape index (κ3) is 4.03. The monoisotopic (exact) mass is 278 g/mol.